The van der Waals surface area contributed by atoms with Crippen LogP contribution in [0.4, 0.5) is 5.82 Å². The average molecular weight is 235 g/mol. The van der Waals surface area contributed by atoms with E-state index in [0.29, 0.717) is 25.1 Å². The van der Waals surface area contributed by atoms with E-state index in [1.165, 1.54) is 19.3 Å². The van der Waals surface area contributed by atoms with Gasteiger partial charge in [0.2, 0.25) is 5.88 Å². The quantitative estimate of drug-likeness (QED) is 0.817. The third-order valence-corrected chi connectivity index (χ3v) is 3.18. The van der Waals surface area contributed by atoms with Crippen LogP contribution in [0.3, 0.4) is 0 Å². The molecule has 0 aliphatic heterocycles. The minimum atomic E-state index is 0.614. The van der Waals surface area contributed by atoms with Crippen LogP contribution in [0, 0.1) is 0 Å². The Morgan fingerprint density at radius 2 is 2.29 bits per heavy atom. The Morgan fingerprint density at radius 1 is 1.47 bits per heavy atom. The molecule has 0 saturated heterocycles. The molecular formula is C13H21N3O. The van der Waals surface area contributed by atoms with Gasteiger partial charge in [-0.3, -0.25) is 0 Å². The van der Waals surface area contributed by atoms with Gasteiger partial charge in [-0.05, 0) is 32.3 Å². The summed E-state index contributed by atoms with van der Waals surface area (Å²) in [6.07, 6.45) is 3.82. The van der Waals surface area contributed by atoms with E-state index >= 15 is 0 Å². The summed E-state index contributed by atoms with van der Waals surface area (Å²) in [5.41, 5.74) is 5.68. The van der Waals surface area contributed by atoms with Crippen molar-refractivity contribution < 1.29 is 4.74 Å². The number of hydrogen-bond acceptors (Lipinski definition) is 4. The van der Waals surface area contributed by atoms with Gasteiger partial charge in [0.15, 0.2) is 0 Å². The zero-order valence-corrected chi connectivity index (χ0v) is 10.4. The topological polar surface area (TPSA) is 51.4 Å². The first-order chi connectivity index (χ1) is 8.35. The van der Waals surface area contributed by atoms with Crippen molar-refractivity contribution in [1.29, 1.82) is 0 Å². The van der Waals surface area contributed by atoms with Crippen LogP contribution in [-0.4, -0.2) is 30.7 Å². The molecule has 2 N–H and O–H groups in total. The molecule has 0 unspecified atom stereocenters. The van der Waals surface area contributed by atoms with Crippen LogP contribution in [0.15, 0.2) is 18.2 Å². The number of hydrogen-bond donors (Lipinski definition) is 1. The van der Waals surface area contributed by atoms with Crippen LogP contribution in [0.2, 0.25) is 0 Å². The second kappa shape index (κ2) is 5.87. The molecule has 2 rings (SSSR count). The van der Waals surface area contributed by atoms with Gasteiger partial charge in [-0.1, -0.05) is 6.07 Å². The van der Waals surface area contributed by atoms with E-state index < -0.39 is 0 Å². The van der Waals surface area contributed by atoms with Gasteiger partial charge >= 0.3 is 0 Å². The first-order valence-corrected chi connectivity index (χ1v) is 6.41. The minimum Gasteiger partial charge on any atom is -0.478 e. The summed E-state index contributed by atoms with van der Waals surface area (Å²) in [6, 6.07) is 6.54. The number of rotatable bonds is 6. The van der Waals surface area contributed by atoms with Crippen molar-refractivity contribution in [1.82, 2.24) is 4.98 Å². The summed E-state index contributed by atoms with van der Waals surface area (Å²) in [7, 11) is 0. The monoisotopic (exact) mass is 235 g/mol. The Morgan fingerprint density at radius 3 is 2.88 bits per heavy atom. The van der Waals surface area contributed by atoms with E-state index in [1.54, 1.807) is 0 Å². The second-order valence-corrected chi connectivity index (χ2v) is 4.33. The molecule has 4 heteroatoms. The molecular weight excluding hydrogens is 214 g/mol. The number of nitrogens with zero attached hydrogens (tertiary/aromatic N) is 2. The van der Waals surface area contributed by atoms with Gasteiger partial charge in [-0.2, -0.15) is 4.98 Å². The zero-order chi connectivity index (χ0) is 12.1. The largest absolute Gasteiger partial charge is 0.478 e. The highest BCUT2D eigenvalue weighted by atomic mass is 16.5. The van der Waals surface area contributed by atoms with Crippen LogP contribution >= 0.6 is 0 Å². The van der Waals surface area contributed by atoms with Crippen LogP contribution in [0.1, 0.15) is 26.2 Å². The fourth-order valence-electron chi connectivity index (χ4n) is 2.11. The molecule has 94 valence electrons. The van der Waals surface area contributed by atoms with Crippen LogP contribution in [0.25, 0.3) is 0 Å². The molecule has 0 amide bonds. The number of pyridine rings is 1. The maximum absolute atomic E-state index is 5.68. The zero-order valence-electron chi connectivity index (χ0n) is 10.4. The number of ether oxygens (including phenoxy) is 1. The van der Waals surface area contributed by atoms with E-state index in [-0.39, 0.29) is 0 Å². The molecule has 0 radical (unpaired) electrons. The Balaban J connectivity index is 2.13. The minimum absolute atomic E-state index is 0.614. The highest BCUT2D eigenvalue weighted by Gasteiger charge is 2.25. The lowest BCUT2D eigenvalue weighted by Gasteiger charge is -2.38. The van der Waals surface area contributed by atoms with Gasteiger partial charge in [-0.15, -0.1) is 0 Å². The molecule has 1 heterocycles. The highest BCUT2D eigenvalue weighted by molar-refractivity contribution is 5.42. The van der Waals surface area contributed by atoms with E-state index in [4.69, 9.17) is 10.5 Å². The SMILES string of the molecule is CCOc1cccc(N(CCN)C2CCC2)n1. The van der Waals surface area contributed by atoms with Crippen LogP contribution < -0.4 is 15.4 Å². The Bertz CT molecular complexity index is 352. The lowest BCUT2D eigenvalue weighted by atomic mass is 9.91. The summed E-state index contributed by atoms with van der Waals surface area (Å²) >= 11 is 0. The Kier molecular flexibility index (Phi) is 4.20. The van der Waals surface area contributed by atoms with Gasteiger partial charge in [0, 0.05) is 25.2 Å². The smallest absolute Gasteiger partial charge is 0.215 e. The molecule has 1 aromatic rings. The summed E-state index contributed by atoms with van der Waals surface area (Å²) in [5, 5.41) is 0. The standard InChI is InChI=1S/C13H21N3O/c1-2-17-13-8-4-7-12(15-13)16(10-9-14)11-5-3-6-11/h4,7-8,11H,2-3,5-6,9-10,14H2,1H3. The third-order valence-electron chi connectivity index (χ3n) is 3.18. The van der Waals surface area contributed by atoms with E-state index in [0.717, 1.165) is 12.4 Å². The molecule has 0 aromatic carbocycles. The summed E-state index contributed by atoms with van der Waals surface area (Å²) in [6.45, 7) is 4.15. The predicted octanol–water partition coefficient (Wildman–Crippen LogP) is 1.80. The van der Waals surface area contributed by atoms with Crippen molar-refractivity contribution >= 4 is 5.82 Å². The number of anilines is 1. The molecule has 0 bridgehead atoms. The van der Waals surface area contributed by atoms with Crippen molar-refractivity contribution in [2.45, 2.75) is 32.2 Å². The maximum Gasteiger partial charge on any atom is 0.215 e. The fourth-order valence-corrected chi connectivity index (χ4v) is 2.11. The van der Waals surface area contributed by atoms with Crippen molar-refractivity contribution in [3.63, 3.8) is 0 Å². The van der Waals surface area contributed by atoms with Gasteiger partial charge in [0.25, 0.3) is 0 Å². The first-order valence-electron chi connectivity index (χ1n) is 6.41. The molecule has 0 spiro atoms. The summed E-state index contributed by atoms with van der Waals surface area (Å²) < 4.78 is 5.44. The van der Waals surface area contributed by atoms with Crippen LogP contribution in [-0.2, 0) is 0 Å². The molecule has 4 nitrogen and oxygen atoms in total. The van der Waals surface area contributed by atoms with Gasteiger partial charge in [0.05, 0.1) is 6.61 Å². The van der Waals surface area contributed by atoms with Gasteiger partial charge < -0.3 is 15.4 Å². The molecule has 17 heavy (non-hydrogen) atoms. The maximum atomic E-state index is 5.68. The number of aromatic nitrogens is 1. The molecule has 1 aliphatic carbocycles. The van der Waals surface area contributed by atoms with Crippen molar-refractivity contribution in [2.75, 3.05) is 24.6 Å². The molecule has 1 aliphatic rings. The van der Waals surface area contributed by atoms with Gasteiger partial charge in [-0.25, -0.2) is 0 Å². The fraction of sp³-hybridized carbons (Fsp3) is 0.615. The first kappa shape index (κ1) is 12.2. The van der Waals surface area contributed by atoms with E-state index in [2.05, 4.69) is 9.88 Å². The van der Waals surface area contributed by atoms with Crippen molar-refractivity contribution in [3.05, 3.63) is 18.2 Å². The second-order valence-electron chi connectivity index (χ2n) is 4.33. The van der Waals surface area contributed by atoms with Gasteiger partial charge in [0.1, 0.15) is 5.82 Å². The Hall–Kier alpha value is -1.29. The summed E-state index contributed by atoms with van der Waals surface area (Å²) in [5.74, 6) is 1.69. The summed E-state index contributed by atoms with van der Waals surface area (Å²) in [4.78, 5) is 6.84. The lowest BCUT2D eigenvalue weighted by molar-refractivity contribution is 0.325. The average Bonchev–Trinajstić information content (AvgIpc) is 2.27. The molecule has 1 aromatic heterocycles. The molecule has 0 atom stereocenters. The van der Waals surface area contributed by atoms with E-state index in [9.17, 15) is 0 Å². The lowest BCUT2D eigenvalue weighted by Crippen LogP contribution is -2.43. The molecule has 1 fully saturated rings. The Labute approximate surface area is 103 Å². The normalized spacial score (nSPS) is 15.4. The van der Waals surface area contributed by atoms with E-state index in [1.807, 2.05) is 25.1 Å². The van der Waals surface area contributed by atoms with Crippen molar-refractivity contribution in [2.24, 2.45) is 5.73 Å². The number of nitrogens with two attached hydrogens (primary N) is 1. The van der Waals surface area contributed by atoms with Crippen LogP contribution in [0.5, 0.6) is 5.88 Å². The predicted molar refractivity (Wildman–Crippen MR) is 69.4 cm³/mol. The highest BCUT2D eigenvalue weighted by Crippen LogP contribution is 2.28. The van der Waals surface area contributed by atoms with Crippen molar-refractivity contribution in [3.8, 4) is 5.88 Å². The third kappa shape index (κ3) is 2.88. The molecule has 1 saturated carbocycles.